The first-order chi connectivity index (χ1) is 8.62. The molecule has 0 N–H and O–H groups in total. The highest BCUT2D eigenvalue weighted by atomic mass is 28.4. The summed E-state index contributed by atoms with van der Waals surface area (Å²) in [5.41, 5.74) is 1.36. The van der Waals surface area contributed by atoms with E-state index >= 15 is 0 Å². The molecule has 0 radical (unpaired) electrons. The summed E-state index contributed by atoms with van der Waals surface area (Å²) in [5.74, 6) is 0.479. The lowest BCUT2D eigenvalue weighted by molar-refractivity contribution is 0.122. The van der Waals surface area contributed by atoms with Crippen molar-refractivity contribution in [3.8, 4) is 0 Å². The van der Waals surface area contributed by atoms with Gasteiger partial charge in [0.05, 0.1) is 0 Å². The molecular formula is C13H25NO3Si. The van der Waals surface area contributed by atoms with E-state index in [1.807, 2.05) is 0 Å². The molecule has 0 saturated carbocycles. The van der Waals surface area contributed by atoms with E-state index in [-0.39, 0.29) is 0 Å². The van der Waals surface area contributed by atoms with Gasteiger partial charge in [-0.2, -0.15) is 0 Å². The molecule has 0 aromatic carbocycles. The Kier molecular flexibility index (Phi) is 6.08. The molecule has 0 aliphatic rings. The molecule has 0 aliphatic carbocycles. The third-order valence-electron chi connectivity index (χ3n) is 3.53. The average Bonchev–Trinajstić information content (AvgIpc) is 2.89. The van der Waals surface area contributed by atoms with Crippen LogP contribution in [0.1, 0.15) is 31.9 Å². The first-order valence-electron chi connectivity index (χ1n) is 6.43. The summed E-state index contributed by atoms with van der Waals surface area (Å²) in [5, 5.41) is 0. The molecule has 4 nitrogen and oxygen atoms in total. The summed E-state index contributed by atoms with van der Waals surface area (Å²) >= 11 is 0. The first-order valence-corrected chi connectivity index (χ1v) is 8.36. The Morgan fingerprint density at radius 2 is 1.83 bits per heavy atom. The highest BCUT2D eigenvalue weighted by Crippen LogP contribution is 2.26. The molecule has 0 aliphatic heterocycles. The molecule has 1 aromatic heterocycles. The summed E-state index contributed by atoms with van der Waals surface area (Å²) in [7, 11) is 2.57. The van der Waals surface area contributed by atoms with E-state index in [0.29, 0.717) is 5.92 Å². The Labute approximate surface area is 111 Å². The molecule has 1 unspecified atom stereocenters. The van der Waals surface area contributed by atoms with E-state index < -0.39 is 8.80 Å². The minimum Gasteiger partial charge on any atom is -0.377 e. The van der Waals surface area contributed by atoms with Gasteiger partial charge in [-0.05, 0) is 31.4 Å². The van der Waals surface area contributed by atoms with E-state index in [1.54, 1.807) is 21.3 Å². The maximum Gasteiger partial charge on any atom is 0.500 e. The Morgan fingerprint density at radius 3 is 2.33 bits per heavy atom. The molecule has 0 bridgehead atoms. The van der Waals surface area contributed by atoms with Crippen molar-refractivity contribution in [2.24, 2.45) is 0 Å². The second-order valence-corrected chi connectivity index (χ2v) is 7.54. The van der Waals surface area contributed by atoms with Gasteiger partial charge in [0.25, 0.3) is 0 Å². The van der Waals surface area contributed by atoms with Crippen LogP contribution in [0.25, 0.3) is 0 Å². The summed E-state index contributed by atoms with van der Waals surface area (Å²) in [6, 6.07) is 5.12. The molecule has 1 heterocycles. The van der Waals surface area contributed by atoms with Crippen molar-refractivity contribution < 1.29 is 13.3 Å². The summed E-state index contributed by atoms with van der Waals surface area (Å²) < 4.78 is 18.6. The Balaban J connectivity index is 2.63. The average molecular weight is 271 g/mol. The lowest BCUT2D eigenvalue weighted by Gasteiger charge is -2.25. The van der Waals surface area contributed by atoms with E-state index in [2.05, 4.69) is 36.7 Å². The van der Waals surface area contributed by atoms with Crippen LogP contribution in [0.3, 0.4) is 0 Å². The van der Waals surface area contributed by atoms with Crippen molar-refractivity contribution in [1.82, 2.24) is 4.57 Å². The van der Waals surface area contributed by atoms with Crippen LogP contribution in [-0.4, -0.2) is 34.7 Å². The quantitative estimate of drug-likeness (QED) is 0.682. The van der Waals surface area contributed by atoms with Gasteiger partial charge in [-0.15, -0.1) is 0 Å². The number of hydrogen-bond acceptors (Lipinski definition) is 3. The molecule has 5 heteroatoms. The van der Waals surface area contributed by atoms with Crippen LogP contribution in [0, 0.1) is 0 Å². The Hall–Kier alpha value is -0.623. The second-order valence-electron chi connectivity index (χ2n) is 4.45. The van der Waals surface area contributed by atoms with Gasteiger partial charge in [-0.1, -0.05) is 6.92 Å². The van der Waals surface area contributed by atoms with Crippen LogP contribution in [0.2, 0.25) is 6.04 Å². The predicted octanol–water partition coefficient (Wildman–Crippen LogP) is 2.88. The lowest BCUT2D eigenvalue weighted by atomic mass is 10.1. The first kappa shape index (κ1) is 15.4. The molecule has 1 atom stereocenters. The number of aromatic nitrogens is 1. The van der Waals surface area contributed by atoms with Crippen LogP contribution in [0.4, 0.5) is 0 Å². The van der Waals surface area contributed by atoms with Crippen molar-refractivity contribution in [2.45, 2.75) is 38.8 Å². The predicted molar refractivity (Wildman–Crippen MR) is 74.7 cm³/mol. The van der Waals surface area contributed by atoms with Gasteiger partial charge in [0.2, 0.25) is 0 Å². The summed E-state index contributed by atoms with van der Waals surface area (Å²) in [6.45, 7) is 5.41. The number of rotatable bonds is 8. The van der Waals surface area contributed by atoms with Crippen molar-refractivity contribution in [3.05, 3.63) is 24.0 Å². The molecule has 1 aromatic rings. The molecule has 104 valence electrons. The zero-order chi connectivity index (χ0) is 13.6. The number of aryl methyl sites for hydroxylation is 1. The zero-order valence-electron chi connectivity index (χ0n) is 12.1. The molecular weight excluding hydrogens is 246 g/mol. The van der Waals surface area contributed by atoms with E-state index in [9.17, 15) is 0 Å². The number of hydrogen-bond donors (Lipinski definition) is 0. The third kappa shape index (κ3) is 3.44. The highest BCUT2D eigenvalue weighted by Gasteiger charge is 2.37. The Morgan fingerprint density at radius 1 is 1.22 bits per heavy atom. The van der Waals surface area contributed by atoms with Crippen molar-refractivity contribution in [3.63, 3.8) is 0 Å². The maximum atomic E-state index is 5.45. The highest BCUT2D eigenvalue weighted by molar-refractivity contribution is 6.60. The van der Waals surface area contributed by atoms with Gasteiger partial charge in [-0.25, -0.2) is 0 Å². The van der Waals surface area contributed by atoms with E-state index in [1.165, 1.54) is 5.69 Å². The second kappa shape index (κ2) is 7.09. The SMILES string of the molecule is CCn1cccc1C(C)CC[Si](OC)(OC)OC. The minimum absolute atomic E-state index is 0.479. The summed E-state index contributed by atoms with van der Waals surface area (Å²) in [4.78, 5) is 0. The fraction of sp³-hybridized carbons (Fsp3) is 0.692. The minimum atomic E-state index is -2.43. The van der Waals surface area contributed by atoms with E-state index in [0.717, 1.165) is 19.0 Å². The monoisotopic (exact) mass is 271 g/mol. The van der Waals surface area contributed by atoms with Gasteiger partial charge in [0, 0.05) is 45.8 Å². The normalized spacial score (nSPS) is 13.8. The topological polar surface area (TPSA) is 32.6 Å². The lowest BCUT2D eigenvalue weighted by Crippen LogP contribution is -2.42. The van der Waals surface area contributed by atoms with Crippen molar-refractivity contribution >= 4 is 8.80 Å². The standard InChI is InChI=1S/C13H25NO3Si/c1-6-14-10-7-8-13(14)12(2)9-11-18(15-3,16-4)17-5/h7-8,10,12H,6,9,11H2,1-5H3. The van der Waals surface area contributed by atoms with Crippen molar-refractivity contribution in [1.29, 1.82) is 0 Å². The molecule has 0 spiro atoms. The molecule has 0 fully saturated rings. The van der Waals surface area contributed by atoms with Crippen LogP contribution < -0.4 is 0 Å². The molecule has 0 amide bonds. The van der Waals surface area contributed by atoms with Gasteiger partial charge < -0.3 is 17.8 Å². The van der Waals surface area contributed by atoms with E-state index in [4.69, 9.17) is 13.3 Å². The van der Waals surface area contributed by atoms with Crippen LogP contribution in [0.15, 0.2) is 18.3 Å². The van der Waals surface area contributed by atoms with Gasteiger partial charge in [0.1, 0.15) is 0 Å². The smallest absolute Gasteiger partial charge is 0.377 e. The van der Waals surface area contributed by atoms with Gasteiger partial charge in [-0.3, -0.25) is 0 Å². The molecule has 18 heavy (non-hydrogen) atoms. The number of nitrogens with zero attached hydrogens (tertiary/aromatic N) is 1. The van der Waals surface area contributed by atoms with Gasteiger partial charge in [0.15, 0.2) is 0 Å². The van der Waals surface area contributed by atoms with Crippen molar-refractivity contribution in [2.75, 3.05) is 21.3 Å². The Bertz CT molecular complexity index is 341. The molecule has 0 saturated heterocycles. The maximum absolute atomic E-state index is 5.45. The van der Waals surface area contributed by atoms with Gasteiger partial charge >= 0.3 is 8.80 Å². The van der Waals surface area contributed by atoms with Crippen LogP contribution >= 0.6 is 0 Å². The third-order valence-corrected chi connectivity index (χ3v) is 6.29. The largest absolute Gasteiger partial charge is 0.500 e. The summed E-state index contributed by atoms with van der Waals surface area (Å²) in [6.07, 6.45) is 3.13. The zero-order valence-corrected chi connectivity index (χ0v) is 13.1. The fourth-order valence-electron chi connectivity index (χ4n) is 2.26. The fourth-order valence-corrected chi connectivity index (χ4v) is 4.16. The van der Waals surface area contributed by atoms with Crippen LogP contribution in [-0.2, 0) is 19.8 Å². The van der Waals surface area contributed by atoms with Crippen LogP contribution in [0.5, 0.6) is 0 Å². The molecule has 1 rings (SSSR count).